The maximum absolute atomic E-state index is 13.1. The topological polar surface area (TPSA) is 150 Å². The Morgan fingerprint density at radius 2 is 1.81 bits per heavy atom. The van der Waals surface area contributed by atoms with Crippen LogP contribution in [-0.4, -0.2) is 57.3 Å². The van der Waals surface area contributed by atoms with Crippen LogP contribution in [0.4, 0.5) is 0 Å². The minimum atomic E-state index is -1.91. The molecule has 0 saturated heterocycles. The molecule has 4 aliphatic rings. The second-order valence-electron chi connectivity index (χ2n) is 11.3. The molecule has 36 heavy (non-hydrogen) atoms. The van der Waals surface area contributed by atoms with E-state index >= 15 is 0 Å². The fraction of sp³-hybridized carbons (Fsp3) is 0.692. The average molecular weight is 513 g/mol. The Labute approximate surface area is 232 Å². The summed E-state index contributed by atoms with van der Waals surface area (Å²) in [4.78, 5) is 47.8. The number of fused-ring (bicyclic) bond motifs is 5. The fourth-order valence-corrected chi connectivity index (χ4v) is 7.29. The van der Waals surface area contributed by atoms with Gasteiger partial charge in [0.1, 0.15) is 17.8 Å². The van der Waals surface area contributed by atoms with Crippen LogP contribution in [-0.2, 0) is 28.7 Å². The van der Waals surface area contributed by atoms with Gasteiger partial charge in [-0.2, -0.15) is 0 Å². The van der Waals surface area contributed by atoms with Gasteiger partial charge in [0, 0.05) is 42.5 Å². The summed E-state index contributed by atoms with van der Waals surface area (Å²) in [6, 6.07) is 0. The maximum Gasteiger partial charge on any atom is 1.00 e. The Hall–Kier alpha value is -1.52. The Morgan fingerprint density at radius 1 is 1.17 bits per heavy atom. The summed E-state index contributed by atoms with van der Waals surface area (Å²) < 4.78 is 11.1. The van der Waals surface area contributed by atoms with Crippen molar-refractivity contribution < 1.29 is 73.5 Å². The number of aliphatic carboxylic acids is 1. The van der Waals surface area contributed by atoms with Crippen molar-refractivity contribution in [2.75, 3.05) is 6.61 Å². The van der Waals surface area contributed by atoms with Gasteiger partial charge in [0.15, 0.2) is 5.78 Å². The molecule has 2 N–H and O–H groups in total. The average Bonchev–Trinajstić information content (AvgIpc) is 3.14. The number of ketones is 1. The number of Topliss-reactive ketones (excluding diaryl/α,β-unsaturated/α-hetero) is 1. The number of hydrogen-bond acceptors (Lipinski definition) is 9. The van der Waals surface area contributed by atoms with E-state index in [2.05, 4.69) is 0 Å². The molecule has 9 nitrogen and oxygen atoms in total. The number of hydrogen-bond donors (Lipinski definition) is 2. The van der Waals surface area contributed by atoms with Gasteiger partial charge in [-0.3, -0.25) is 14.4 Å². The molecule has 0 spiro atoms. The molecular formula is C26H33NaO9. The van der Waals surface area contributed by atoms with Crippen molar-refractivity contribution in [1.82, 2.24) is 0 Å². The fourth-order valence-electron chi connectivity index (χ4n) is 7.29. The summed E-state index contributed by atoms with van der Waals surface area (Å²) in [5.41, 5.74) is -3.89. The van der Waals surface area contributed by atoms with E-state index in [4.69, 9.17) is 9.47 Å². The zero-order valence-electron chi connectivity index (χ0n) is 21.8. The second-order valence-corrected chi connectivity index (χ2v) is 11.3. The van der Waals surface area contributed by atoms with E-state index in [9.17, 15) is 34.5 Å². The molecule has 4 rings (SSSR count). The van der Waals surface area contributed by atoms with Crippen LogP contribution in [0, 0.1) is 29.1 Å². The number of carbonyl (C=O) groups excluding carboxylic acids is 4. The molecule has 1 unspecified atom stereocenters. The third-order valence-corrected chi connectivity index (χ3v) is 8.95. The molecule has 4 aliphatic carbocycles. The predicted molar refractivity (Wildman–Crippen MR) is 119 cm³/mol. The number of carboxylic acids is 1. The van der Waals surface area contributed by atoms with Crippen LogP contribution >= 0.6 is 0 Å². The Bertz CT molecular complexity index is 1060. The first-order valence-corrected chi connectivity index (χ1v) is 12.0. The number of carboxylic acid groups (broad SMARTS) is 1. The van der Waals surface area contributed by atoms with E-state index in [-0.39, 0.29) is 54.9 Å². The van der Waals surface area contributed by atoms with Gasteiger partial charge in [0.05, 0.1) is 12.0 Å². The Morgan fingerprint density at radius 3 is 2.39 bits per heavy atom. The first-order valence-electron chi connectivity index (χ1n) is 12.0. The molecule has 0 aromatic rings. The van der Waals surface area contributed by atoms with E-state index in [0.29, 0.717) is 17.6 Å². The zero-order valence-corrected chi connectivity index (χ0v) is 23.8. The van der Waals surface area contributed by atoms with Crippen LogP contribution in [0.2, 0.25) is 0 Å². The Kier molecular flexibility index (Phi) is 7.54. The van der Waals surface area contributed by atoms with Crippen LogP contribution in [0.15, 0.2) is 23.3 Å². The van der Waals surface area contributed by atoms with Gasteiger partial charge in [-0.1, -0.05) is 32.9 Å². The molecule has 0 aromatic heterocycles. The summed E-state index contributed by atoms with van der Waals surface area (Å²) in [6.45, 7) is 8.49. The van der Waals surface area contributed by atoms with Gasteiger partial charge in [-0.25, -0.2) is 0 Å². The number of esters is 2. The van der Waals surface area contributed by atoms with Crippen molar-refractivity contribution >= 4 is 23.7 Å². The standard InChI is InChI=1S/C26H34O9.Na/c1-13-8-18-24(32,22(13)31)11-16(12-34-20(30)7-6-19(28)29)9-17-21-23(4,5)25(21,35-15(3)27)10-14(2)26(17,18)33;/h8-9,14,17-18,21,32-33H,6-7,10-12H2,1-5H3,(H,28,29);/q;+1/p-1/t14-,17+,18?,21-,24-,25+,26-;/m1./s1. The normalized spacial score (nSPS) is 39.7. The molecule has 2 fully saturated rings. The zero-order chi connectivity index (χ0) is 26.1. The number of ether oxygens (including phenoxy) is 2. The van der Waals surface area contributed by atoms with Gasteiger partial charge in [0.2, 0.25) is 0 Å². The molecule has 10 heteroatoms. The third-order valence-electron chi connectivity index (χ3n) is 8.95. The molecule has 0 aliphatic heterocycles. The van der Waals surface area contributed by atoms with Crippen molar-refractivity contribution in [2.45, 2.75) is 77.1 Å². The van der Waals surface area contributed by atoms with Gasteiger partial charge in [0.25, 0.3) is 0 Å². The number of carbonyl (C=O) groups is 4. The molecule has 0 amide bonds. The number of aliphatic hydroxyl groups is 2. The van der Waals surface area contributed by atoms with E-state index in [1.807, 2.05) is 20.8 Å². The van der Waals surface area contributed by atoms with Gasteiger partial charge >= 0.3 is 41.5 Å². The van der Waals surface area contributed by atoms with Crippen LogP contribution in [0.3, 0.4) is 0 Å². The quantitative estimate of drug-likeness (QED) is 0.226. The first-order chi connectivity index (χ1) is 16.1. The Balaban J connectivity index is 0.00000361. The van der Waals surface area contributed by atoms with Crippen LogP contribution in [0.25, 0.3) is 0 Å². The van der Waals surface area contributed by atoms with E-state index in [1.54, 1.807) is 19.1 Å². The third kappa shape index (κ3) is 4.11. The summed E-state index contributed by atoms with van der Waals surface area (Å²) in [5, 5.41) is 34.6. The minimum absolute atomic E-state index is 0. The van der Waals surface area contributed by atoms with Crippen LogP contribution in [0.1, 0.15) is 60.3 Å². The molecule has 7 atom stereocenters. The van der Waals surface area contributed by atoms with Gasteiger partial charge in [-0.15, -0.1) is 0 Å². The summed E-state index contributed by atoms with van der Waals surface area (Å²) >= 11 is 0. The summed E-state index contributed by atoms with van der Waals surface area (Å²) in [5.74, 6) is -5.21. The van der Waals surface area contributed by atoms with E-state index < -0.39 is 70.1 Å². The van der Waals surface area contributed by atoms with E-state index in [0.717, 1.165) is 0 Å². The van der Waals surface area contributed by atoms with Crippen LogP contribution in [0.5, 0.6) is 0 Å². The largest absolute Gasteiger partial charge is 1.00 e. The predicted octanol–water partition coefficient (Wildman–Crippen LogP) is -2.38. The minimum Gasteiger partial charge on any atom is -0.550 e. The molecule has 0 bridgehead atoms. The van der Waals surface area contributed by atoms with E-state index in [1.165, 1.54) is 6.92 Å². The molecule has 192 valence electrons. The first kappa shape index (κ1) is 29.0. The summed E-state index contributed by atoms with van der Waals surface area (Å²) in [7, 11) is 0. The molecule has 0 aromatic carbocycles. The van der Waals surface area contributed by atoms with Crippen molar-refractivity contribution in [1.29, 1.82) is 0 Å². The molecule has 0 heterocycles. The smallest absolute Gasteiger partial charge is 0.550 e. The van der Waals surface area contributed by atoms with Crippen molar-refractivity contribution in [2.24, 2.45) is 29.1 Å². The van der Waals surface area contributed by atoms with Crippen molar-refractivity contribution in [3.63, 3.8) is 0 Å². The van der Waals surface area contributed by atoms with Gasteiger partial charge in [-0.05, 0) is 36.8 Å². The van der Waals surface area contributed by atoms with Gasteiger partial charge < -0.3 is 29.6 Å². The molecule has 0 radical (unpaired) electrons. The molecule has 2 saturated carbocycles. The monoisotopic (exact) mass is 512 g/mol. The maximum atomic E-state index is 13.1. The van der Waals surface area contributed by atoms with Crippen molar-refractivity contribution in [3.05, 3.63) is 23.3 Å². The van der Waals surface area contributed by atoms with Crippen molar-refractivity contribution in [3.8, 4) is 0 Å². The second kappa shape index (κ2) is 9.34. The SMILES string of the molecule is CC(=O)O[C@@]12C[C@@H](C)[C@]3(O)C4C=C(C)C(=O)[C@@]4(O)CC(COC(=O)CCC(=O)[O-])=C[C@H]3[C@@H]1C2(C)C.[Na+]. The van der Waals surface area contributed by atoms with Crippen LogP contribution < -0.4 is 34.7 Å². The summed E-state index contributed by atoms with van der Waals surface area (Å²) in [6.07, 6.45) is 2.81. The molecular weight excluding hydrogens is 479 g/mol. The number of rotatable bonds is 6.